The number of hydrogen-bond donors (Lipinski definition) is 0. The second kappa shape index (κ2) is 8.08. The van der Waals surface area contributed by atoms with E-state index >= 15 is 0 Å². The molecule has 0 bridgehead atoms. The number of carbonyl (C=O) groups is 1. The third kappa shape index (κ3) is 3.57. The summed E-state index contributed by atoms with van der Waals surface area (Å²) in [6.07, 6.45) is 1.59. The Bertz CT molecular complexity index is 1170. The van der Waals surface area contributed by atoms with Gasteiger partial charge in [-0.25, -0.2) is 0 Å². The van der Waals surface area contributed by atoms with Crippen molar-refractivity contribution in [2.45, 2.75) is 5.16 Å². The molecule has 7 nitrogen and oxygen atoms in total. The highest BCUT2D eigenvalue weighted by Gasteiger charge is 2.20. The Hall–Kier alpha value is -3.52. The van der Waals surface area contributed by atoms with Crippen LogP contribution in [0.2, 0.25) is 0 Å². The molecule has 0 saturated carbocycles. The number of aromatic nitrogens is 3. The summed E-state index contributed by atoms with van der Waals surface area (Å²) < 4.78 is 18.5. The topological polar surface area (TPSA) is 79.4 Å². The number of furan rings is 1. The molecule has 8 heteroatoms. The summed E-state index contributed by atoms with van der Waals surface area (Å²) in [4.78, 5) is 12.8. The van der Waals surface area contributed by atoms with E-state index in [0.29, 0.717) is 47.0 Å². The van der Waals surface area contributed by atoms with Crippen LogP contribution in [0.5, 0.6) is 11.5 Å². The maximum Gasteiger partial charge on any atom is 0.205 e. The molecule has 0 spiro atoms. The first-order valence-electron chi connectivity index (χ1n) is 9.40. The molecule has 0 radical (unpaired) electrons. The molecule has 5 rings (SSSR count). The van der Waals surface area contributed by atoms with Gasteiger partial charge in [0.1, 0.15) is 13.2 Å². The number of hydrogen-bond acceptors (Lipinski definition) is 7. The summed E-state index contributed by atoms with van der Waals surface area (Å²) in [7, 11) is 0. The Labute approximate surface area is 176 Å². The summed E-state index contributed by atoms with van der Waals surface area (Å²) >= 11 is 1.33. The highest BCUT2D eigenvalue weighted by atomic mass is 32.2. The SMILES string of the molecule is O=C(CSc1nnc(-c2ccco2)n1-c1ccccc1)c1ccc2c(c1)OCCO2. The van der Waals surface area contributed by atoms with Gasteiger partial charge in [0.2, 0.25) is 5.82 Å². The fourth-order valence-electron chi connectivity index (χ4n) is 3.17. The molecule has 2 aromatic heterocycles. The fourth-order valence-corrected chi connectivity index (χ4v) is 4.02. The number of benzene rings is 2. The van der Waals surface area contributed by atoms with E-state index in [2.05, 4.69) is 10.2 Å². The lowest BCUT2D eigenvalue weighted by Gasteiger charge is -2.18. The summed E-state index contributed by atoms with van der Waals surface area (Å²) in [5.74, 6) is 2.64. The second-order valence-corrected chi connectivity index (χ2v) is 7.47. The zero-order chi connectivity index (χ0) is 20.3. The lowest BCUT2D eigenvalue weighted by atomic mass is 10.1. The molecule has 1 aliphatic heterocycles. The van der Waals surface area contributed by atoms with E-state index in [9.17, 15) is 4.79 Å². The molecular weight excluding hydrogens is 402 g/mol. The number of para-hydroxylation sites is 1. The maximum atomic E-state index is 12.8. The standard InChI is InChI=1S/C22H17N3O4S/c26-17(15-8-9-18-20(13-15)29-12-11-28-18)14-30-22-24-23-21(19-7-4-10-27-19)25(22)16-5-2-1-3-6-16/h1-10,13H,11-12,14H2. The normalized spacial score (nSPS) is 12.7. The van der Waals surface area contributed by atoms with Crippen molar-refractivity contribution < 1.29 is 18.7 Å². The van der Waals surface area contributed by atoms with Crippen LogP contribution in [0.4, 0.5) is 0 Å². The molecule has 0 amide bonds. The molecule has 150 valence electrons. The van der Waals surface area contributed by atoms with Gasteiger partial charge < -0.3 is 13.9 Å². The van der Waals surface area contributed by atoms with E-state index in [0.717, 1.165) is 5.69 Å². The monoisotopic (exact) mass is 419 g/mol. The Morgan fingerprint density at radius 3 is 2.60 bits per heavy atom. The Kier molecular flexibility index (Phi) is 4.98. The predicted molar refractivity (Wildman–Crippen MR) is 112 cm³/mol. The fraction of sp³-hybridized carbons (Fsp3) is 0.136. The van der Waals surface area contributed by atoms with Crippen molar-refractivity contribution in [2.75, 3.05) is 19.0 Å². The number of thioether (sulfide) groups is 1. The Balaban J connectivity index is 1.41. The molecule has 1 aliphatic rings. The second-order valence-electron chi connectivity index (χ2n) is 6.52. The quantitative estimate of drug-likeness (QED) is 0.341. The maximum absolute atomic E-state index is 12.8. The number of rotatable bonds is 6. The first kappa shape index (κ1) is 18.5. The van der Waals surface area contributed by atoms with Crippen molar-refractivity contribution in [1.82, 2.24) is 14.8 Å². The average molecular weight is 419 g/mol. The highest BCUT2D eigenvalue weighted by molar-refractivity contribution is 7.99. The smallest absolute Gasteiger partial charge is 0.205 e. The molecule has 0 fully saturated rings. The molecule has 0 unspecified atom stereocenters. The molecule has 0 aliphatic carbocycles. The van der Waals surface area contributed by atoms with E-state index in [4.69, 9.17) is 13.9 Å². The van der Waals surface area contributed by atoms with E-state index in [1.165, 1.54) is 11.8 Å². The van der Waals surface area contributed by atoms with E-state index in [-0.39, 0.29) is 11.5 Å². The molecule has 3 heterocycles. The van der Waals surface area contributed by atoms with Gasteiger partial charge in [-0.3, -0.25) is 9.36 Å². The lowest BCUT2D eigenvalue weighted by Crippen LogP contribution is -2.16. The van der Waals surface area contributed by atoms with Crippen molar-refractivity contribution >= 4 is 17.5 Å². The summed E-state index contributed by atoms with van der Waals surface area (Å²) in [6.45, 7) is 0.998. The summed E-state index contributed by atoms with van der Waals surface area (Å²) in [6, 6.07) is 18.6. The van der Waals surface area contributed by atoms with Crippen LogP contribution in [0.3, 0.4) is 0 Å². The van der Waals surface area contributed by atoms with Crippen LogP contribution >= 0.6 is 11.8 Å². The summed E-state index contributed by atoms with van der Waals surface area (Å²) in [5, 5.41) is 9.21. The first-order valence-corrected chi connectivity index (χ1v) is 10.4. The van der Waals surface area contributed by atoms with Crippen LogP contribution < -0.4 is 9.47 Å². The third-order valence-electron chi connectivity index (χ3n) is 4.59. The zero-order valence-electron chi connectivity index (χ0n) is 15.9. The Morgan fingerprint density at radius 2 is 1.80 bits per heavy atom. The van der Waals surface area contributed by atoms with Gasteiger partial charge in [-0.2, -0.15) is 0 Å². The number of ether oxygens (including phenoxy) is 2. The van der Waals surface area contributed by atoms with Crippen molar-refractivity contribution in [3.8, 4) is 28.8 Å². The van der Waals surface area contributed by atoms with Crippen molar-refractivity contribution in [1.29, 1.82) is 0 Å². The molecule has 4 aromatic rings. The van der Waals surface area contributed by atoms with Crippen molar-refractivity contribution in [3.05, 3.63) is 72.5 Å². The minimum Gasteiger partial charge on any atom is -0.486 e. The highest BCUT2D eigenvalue weighted by Crippen LogP contribution is 2.32. The first-order chi connectivity index (χ1) is 14.8. The number of fused-ring (bicyclic) bond motifs is 1. The molecule has 0 saturated heterocycles. The van der Waals surface area contributed by atoms with Crippen LogP contribution in [0.15, 0.2) is 76.5 Å². The van der Waals surface area contributed by atoms with Gasteiger partial charge in [-0.15, -0.1) is 10.2 Å². The van der Waals surface area contributed by atoms with Crippen LogP contribution in [0, 0.1) is 0 Å². The van der Waals surface area contributed by atoms with Gasteiger partial charge in [-0.05, 0) is 42.5 Å². The molecule has 30 heavy (non-hydrogen) atoms. The number of ketones is 1. The lowest BCUT2D eigenvalue weighted by molar-refractivity contribution is 0.102. The minimum atomic E-state index is -0.0286. The van der Waals surface area contributed by atoms with E-state index < -0.39 is 0 Å². The van der Waals surface area contributed by atoms with E-state index in [1.54, 1.807) is 30.5 Å². The molecular formula is C22H17N3O4S. The van der Waals surface area contributed by atoms with Crippen LogP contribution in [0.25, 0.3) is 17.3 Å². The predicted octanol–water partition coefficient (Wildman–Crippen LogP) is 4.27. The van der Waals surface area contributed by atoms with Gasteiger partial charge in [0.25, 0.3) is 0 Å². The van der Waals surface area contributed by atoms with Gasteiger partial charge in [0.05, 0.1) is 12.0 Å². The summed E-state index contributed by atoms with van der Waals surface area (Å²) in [5.41, 5.74) is 1.46. The number of carbonyl (C=O) groups excluding carboxylic acids is 1. The van der Waals surface area contributed by atoms with Crippen LogP contribution in [-0.4, -0.2) is 39.5 Å². The van der Waals surface area contributed by atoms with Gasteiger partial charge in [0, 0.05) is 11.3 Å². The number of nitrogens with zero attached hydrogens (tertiary/aromatic N) is 3. The number of Topliss-reactive ketones (excluding diaryl/α,β-unsaturated/α-hetero) is 1. The van der Waals surface area contributed by atoms with Crippen molar-refractivity contribution in [3.63, 3.8) is 0 Å². The van der Waals surface area contributed by atoms with Crippen LogP contribution in [-0.2, 0) is 0 Å². The van der Waals surface area contributed by atoms with Gasteiger partial charge in [-0.1, -0.05) is 30.0 Å². The van der Waals surface area contributed by atoms with Crippen LogP contribution in [0.1, 0.15) is 10.4 Å². The molecule has 0 N–H and O–H groups in total. The minimum absolute atomic E-state index is 0.0286. The Morgan fingerprint density at radius 1 is 0.967 bits per heavy atom. The molecule has 2 aromatic carbocycles. The van der Waals surface area contributed by atoms with Gasteiger partial charge >= 0.3 is 0 Å². The van der Waals surface area contributed by atoms with E-state index in [1.807, 2.05) is 41.0 Å². The zero-order valence-corrected chi connectivity index (χ0v) is 16.7. The largest absolute Gasteiger partial charge is 0.486 e. The third-order valence-corrected chi connectivity index (χ3v) is 5.51. The van der Waals surface area contributed by atoms with Gasteiger partial charge in [0.15, 0.2) is 28.2 Å². The van der Waals surface area contributed by atoms with Crippen molar-refractivity contribution in [2.24, 2.45) is 0 Å². The average Bonchev–Trinajstić information content (AvgIpc) is 3.47. The molecule has 0 atom stereocenters.